The van der Waals surface area contributed by atoms with E-state index in [9.17, 15) is 4.39 Å². The van der Waals surface area contributed by atoms with Crippen molar-refractivity contribution >= 4 is 17.1 Å². The zero-order chi connectivity index (χ0) is 38.2. The summed E-state index contributed by atoms with van der Waals surface area (Å²) in [6.07, 6.45) is 0. The maximum absolute atomic E-state index is 14.8. The summed E-state index contributed by atoms with van der Waals surface area (Å²) in [6.45, 7) is 9.13. The van der Waals surface area contributed by atoms with Gasteiger partial charge in [0.2, 0.25) is 0 Å². The fourth-order valence-electron chi connectivity index (χ4n) is 9.53. The minimum absolute atomic E-state index is 0.173. The number of hydrogen-bond acceptors (Lipinski definition) is 1. The van der Waals surface area contributed by atoms with Crippen molar-refractivity contribution in [1.29, 1.82) is 0 Å². The van der Waals surface area contributed by atoms with Crippen LogP contribution in [0.15, 0.2) is 182 Å². The van der Waals surface area contributed by atoms with Crippen LogP contribution in [0.25, 0.3) is 55.6 Å². The quantitative estimate of drug-likeness (QED) is 0.165. The summed E-state index contributed by atoms with van der Waals surface area (Å²) in [5, 5.41) is 0. The minimum atomic E-state index is -0.384. The van der Waals surface area contributed by atoms with Crippen molar-refractivity contribution in [2.45, 2.75) is 38.5 Å². The molecule has 56 heavy (non-hydrogen) atoms. The van der Waals surface area contributed by atoms with E-state index in [4.69, 9.17) is 0 Å². The van der Waals surface area contributed by atoms with Crippen LogP contribution in [0.5, 0.6) is 0 Å². The van der Waals surface area contributed by atoms with E-state index in [0.717, 1.165) is 56.0 Å². The van der Waals surface area contributed by atoms with Gasteiger partial charge in [0, 0.05) is 27.8 Å². The zero-order valence-electron chi connectivity index (χ0n) is 32.1. The molecule has 270 valence electrons. The highest BCUT2D eigenvalue weighted by Gasteiger charge is 2.38. The lowest BCUT2D eigenvalue weighted by molar-refractivity contribution is 0.609. The Morgan fingerprint density at radius 2 is 0.804 bits per heavy atom. The number of benzene rings is 8. The zero-order valence-corrected chi connectivity index (χ0v) is 32.1. The fourth-order valence-corrected chi connectivity index (χ4v) is 9.53. The van der Waals surface area contributed by atoms with E-state index in [1.807, 2.05) is 6.07 Å². The molecule has 2 aliphatic rings. The van der Waals surface area contributed by atoms with Crippen LogP contribution in [-0.2, 0) is 10.8 Å². The summed E-state index contributed by atoms with van der Waals surface area (Å²) >= 11 is 0. The first-order valence-electron chi connectivity index (χ1n) is 19.5. The largest absolute Gasteiger partial charge is 0.310 e. The van der Waals surface area contributed by atoms with Crippen LogP contribution in [0, 0.1) is 5.82 Å². The third-order valence-corrected chi connectivity index (χ3v) is 12.4. The van der Waals surface area contributed by atoms with Gasteiger partial charge < -0.3 is 4.90 Å². The lowest BCUT2D eigenvalue weighted by atomic mass is 9.82. The Balaban J connectivity index is 1.27. The minimum Gasteiger partial charge on any atom is -0.310 e. The number of hydrogen-bond donors (Lipinski definition) is 0. The Kier molecular flexibility index (Phi) is 7.76. The predicted molar refractivity (Wildman–Crippen MR) is 233 cm³/mol. The smallest absolute Gasteiger partial charge is 0.123 e. The number of nitrogens with zero attached hydrogens (tertiary/aromatic N) is 1. The van der Waals surface area contributed by atoms with Gasteiger partial charge in [0.25, 0.3) is 0 Å². The average molecular weight is 724 g/mol. The fraction of sp³-hybridized carbons (Fsp3) is 0.111. The number of rotatable bonds is 6. The Labute approximate surface area is 329 Å². The molecule has 0 atom stereocenters. The first-order valence-corrected chi connectivity index (χ1v) is 19.5. The molecule has 0 amide bonds. The van der Waals surface area contributed by atoms with Gasteiger partial charge in [0.15, 0.2) is 0 Å². The van der Waals surface area contributed by atoms with Gasteiger partial charge in [-0.05, 0) is 115 Å². The van der Waals surface area contributed by atoms with E-state index in [0.29, 0.717) is 0 Å². The van der Waals surface area contributed by atoms with Crippen LogP contribution >= 0.6 is 0 Å². The topological polar surface area (TPSA) is 3.24 Å². The SMILES string of the molecule is CC1(C)c2ccccc2-c2ccc(N(c3ccc4c(c3)C(C)(C)c3cc(F)ccc3-4)c3cccc(-c4ccccc4)c3-c3ccccc3-c3ccccc3)cc21. The molecule has 0 spiro atoms. The number of halogens is 1. The second-order valence-electron chi connectivity index (χ2n) is 16.3. The van der Waals surface area contributed by atoms with Crippen molar-refractivity contribution in [2.75, 3.05) is 4.90 Å². The van der Waals surface area contributed by atoms with Crippen molar-refractivity contribution in [3.63, 3.8) is 0 Å². The highest BCUT2D eigenvalue weighted by Crippen LogP contribution is 2.55. The monoisotopic (exact) mass is 723 g/mol. The third-order valence-electron chi connectivity index (χ3n) is 12.4. The first kappa shape index (κ1) is 34.0. The van der Waals surface area contributed by atoms with Gasteiger partial charge in [0.1, 0.15) is 5.82 Å². The second kappa shape index (κ2) is 12.8. The molecular formula is C54H42FN. The molecule has 0 fully saturated rings. The lowest BCUT2D eigenvalue weighted by Crippen LogP contribution is -2.18. The molecule has 0 saturated heterocycles. The van der Waals surface area contributed by atoms with Crippen LogP contribution in [0.2, 0.25) is 0 Å². The molecule has 0 heterocycles. The van der Waals surface area contributed by atoms with E-state index in [2.05, 4.69) is 196 Å². The van der Waals surface area contributed by atoms with Gasteiger partial charge in [-0.15, -0.1) is 0 Å². The normalized spacial score (nSPS) is 14.1. The maximum Gasteiger partial charge on any atom is 0.123 e. The van der Waals surface area contributed by atoms with Gasteiger partial charge in [-0.2, -0.15) is 0 Å². The van der Waals surface area contributed by atoms with Crippen molar-refractivity contribution in [1.82, 2.24) is 0 Å². The first-order chi connectivity index (χ1) is 27.2. The molecule has 2 aliphatic carbocycles. The van der Waals surface area contributed by atoms with Gasteiger partial charge in [0.05, 0.1) is 5.69 Å². The maximum atomic E-state index is 14.8. The Hall–Kier alpha value is -6.51. The summed E-state index contributed by atoms with van der Waals surface area (Å²) in [5.41, 5.74) is 19.4. The molecule has 0 radical (unpaired) electrons. The molecule has 8 aromatic rings. The molecular weight excluding hydrogens is 682 g/mol. The molecule has 2 heteroatoms. The standard InChI is InChI=1S/C54H42FN/c1-53(2)47-24-14-13-21-42(47)44-30-27-38(33-49(44)53)56(39-28-31-45-43-29-26-37(55)32-48(43)54(3,4)50(45)34-39)51-25-15-23-41(36-18-9-6-10-19-36)52(51)46-22-12-11-20-40(46)35-16-7-5-8-17-35/h5-34H,1-4H3. The molecule has 0 saturated carbocycles. The molecule has 0 bridgehead atoms. The van der Waals surface area contributed by atoms with Crippen molar-refractivity contribution in [3.8, 4) is 55.6 Å². The second-order valence-corrected chi connectivity index (χ2v) is 16.3. The van der Waals surface area contributed by atoms with Crippen molar-refractivity contribution in [3.05, 3.63) is 210 Å². The summed E-state index contributed by atoms with van der Waals surface area (Å²) in [7, 11) is 0. The predicted octanol–water partition coefficient (Wildman–Crippen LogP) is 14.9. The van der Waals surface area contributed by atoms with Crippen LogP contribution in [0.4, 0.5) is 21.5 Å². The third kappa shape index (κ3) is 5.20. The number of fused-ring (bicyclic) bond motifs is 6. The number of anilines is 3. The van der Waals surface area contributed by atoms with Crippen molar-refractivity contribution < 1.29 is 4.39 Å². The van der Waals surface area contributed by atoms with Gasteiger partial charge in [-0.3, -0.25) is 0 Å². The molecule has 8 aromatic carbocycles. The van der Waals surface area contributed by atoms with Gasteiger partial charge in [-0.1, -0.05) is 167 Å². The molecule has 0 N–H and O–H groups in total. The molecule has 0 aromatic heterocycles. The molecule has 10 rings (SSSR count). The Bertz CT molecular complexity index is 2810. The van der Waals surface area contributed by atoms with Crippen LogP contribution in [-0.4, -0.2) is 0 Å². The van der Waals surface area contributed by atoms with E-state index in [1.54, 1.807) is 12.1 Å². The lowest BCUT2D eigenvalue weighted by Gasteiger charge is -2.32. The highest BCUT2D eigenvalue weighted by molar-refractivity contribution is 6.01. The summed E-state index contributed by atoms with van der Waals surface area (Å²) in [4.78, 5) is 2.46. The summed E-state index contributed by atoms with van der Waals surface area (Å²) < 4.78 is 14.8. The van der Waals surface area contributed by atoms with Crippen LogP contribution in [0.3, 0.4) is 0 Å². The molecule has 1 nitrogen and oxygen atoms in total. The van der Waals surface area contributed by atoms with Gasteiger partial charge >= 0.3 is 0 Å². The molecule has 0 aliphatic heterocycles. The Morgan fingerprint density at radius 1 is 0.357 bits per heavy atom. The Morgan fingerprint density at radius 3 is 1.43 bits per heavy atom. The van der Waals surface area contributed by atoms with Crippen LogP contribution < -0.4 is 4.90 Å². The van der Waals surface area contributed by atoms with Crippen LogP contribution in [0.1, 0.15) is 49.9 Å². The highest BCUT2D eigenvalue weighted by atomic mass is 19.1. The van der Waals surface area contributed by atoms with E-state index < -0.39 is 0 Å². The van der Waals surface area contributed by atoms with Gasteiger partial charge in [-0.25, -0.2) is 4.39 Å². The molecule has 0 unspecified atom stereocenters. The average Bonchev–Trinajstić information content (AvgIpc) is 3.60. The van der Waals surface area contributed by atoms with E-state index >= 15 is 0 Å². The summed E-state index contributed by atoms with van der Waals surface area (Å²) in [6, 6.07) is 64.9. The van der Waals surface area contributed by atoms with Crippen molar-refractivity contribution in [2.24, 2.45) is 0 Å². The van der Waals surface area contributed by atoms with E-state index in [1.165, 1.54) is 38.9 Å². The van der Waals surface area contributed by atoms with E-state index in [-0.39, 0.29) is 16.6 Å². The summed E-state index contributed by atoms with van der Waals surface area (Å²) in [5.74, 6) is -0.201.